The van der Waals surface area contributed by atoms with Crippen molar-refractivity contribution in [2.75, 3.05) is 18.5 Å². The topological polar surface area (TPSA) is 47.3 Å². The van der Waals surface area contributed by atoms with Crippen molar-refractivity contribution in [2.45, 2.75) is 25.9 Å². The predicted molar refractivity (Wildman–Crippen MR) is 84.0 cm³/mol. The van der Waals surface area contributed by atoms with Crippen LogP contribution in [0.3, 0.4) is 0 Å². The van der Waals surface area contributed by atoms with Crippen LogP contribution >= 0.6 is 23.8 Å². The van der Waals surface area contributed by atoms with E-state index < -0.39 is 0 Å². The molecule has 3 N–H and O–H groups in total. The second-order valence-corrected chi connectivity index (χ2v) is 5.62. The molecule has 1 aliphatic rings. The van der Waals surface area contributed by atoms with E-state index in [-0.39, 0.29) is 0 Å². The molecule has 0 radical (unpaired) electrons. The van der Waals surface area contributed by atoms with Gasteiger partial charge in [0.05, 0.1) is 16.7 Å². The Labute approximate surface area is 124 Å². The van der Waals surface area contributed by atoms with Crippen molar-refractivity contribution in [1.82, 2.24) is 0 Å². The first-order valence-electron chi connectivity index (χ1n) is 6.57. The zero-order chi connectivity index (χ0) is 13.8. The molecule has 1 heterocycles. The fourth-order valence-corrected chi connectivity index (χ4v) is 3.09. The number of nitrogens with two attached hydrogens (primary N) is 1. The van der Waals surface area contributed by atoms with Crippen LogP contribution in [0.25, 0.3) is 0 Å². The molecule has 5 heteroatoms. The number of hydrogen-bond acceptors (Lipinski definition) is 3. The summed E-state index contributed by atoms with van der Waals surface area (Å²) in [5, 5.41) is 4.00. The van der Waals surface area contributed by atoms with Gasteiger partial charge in [0.25, 0.3) is 0 Å². The predicted octanol–water partition coefficient (Wildman–Crippen LogP) is 3.20. The molecule has 19 heavy (non-hydrogen) atoms. The second kappa shape index (κ2) is 6.55. The molecular formula is C14H19ClN2OS. The number of thiocarbonyl (C=S) groups is 1. The lowest BCUT2D eigenvalue weighted by Gasteiger charge is -2.19. The summed E-state index contributed by atoms with van der Waals surface area (Å²) < 4.78 is 5.69. The molecule has 0 amide bonds. The molecule has 0 aromatic heterocycles. The number of benzene rings is 1. The minimum atomic E-state index is 0.322. The van der Waals surface area contributed by atoms with Gasteiger partial charge >= 0.3 is 0 Å². The third-order valence-electron chi connectivity index (χ3n) is 3.56. The van der Waals surface area contributed by atoms with Crippen LogP contribution in [0, 0.1) is 5.92 Å². The van der Waals surface area contributed by atoms with Crippen LogP contribution in [-0.2, 0) is 4.74 Å². The van der Waals surface area contributed by atoms with Gasteiger partial charge in [-0.1, -0.05) is 36.8 Å². The van der Waals surface area contributed by atoms with Crippen molar-refractivity contribution in [3.8, 4) is 0 Å². The van der Waals surface area contributed by atoms with Crippen LogP contribution in [0.4, 0.5) is 5.69 Å². The van der Waals surface area contributed by atoms with E-state index in [1.165, 1.54) is 0 Å². The quantitative estimate of drug-likeness (QED) is 0.820. The Morgan fingerprint density at radius 3 is 3.05 bits per heavy atom. The third-order valence-corrected chi connectivity index (χ3v) is 4.08. The first-order chi connectivity index (χ1) is 9.13. The molecule has 1 fully saturated rings. The number of ether oxygens (including phenoxy) is 1. The number of halogens is 1. The van der Waals surface area contributed by atoms with Gasteiger partial charge in [-0.25, -0.2) is 0 Å². The number of anilines is 1. The van der Waals surface area contributed by atoms with Crippen LogP contribution < -0.4 is 11.1 Å². The van der Waals surface area contributed by atoms with E-state index in [0.717, 1.165) is 37.2 Å². The fraction of sp³-hybridized carbons (Fsp3) is 0.500. The molecule has 0 spiro atoms. The highest BCUT2D eigenvalue weighted by atomic mass is 35.5. The SMILES string of the molecule is CCC1OCCC1CNc1cccc(Cl)c1C(N)=S. The summed E-state index contributed by atoms with van der Waals surface area (Å²) in [6, 6.07) is 5.65. The van der Waals surface area contributed by atoms with Crippen LogP contribution in [0.15, 0.2) is 18.2 Å². The summed E-state index contributed by atoms with van der Waals surface area (Å²) in [5.74, 6) is 0.531. The minimum absolute atomic E-state index is 0.322. The molecular weight excluding hydrogens is 280 g/mol. The smallest absolute Gasteiger partial charge is 0.107 e. The minimum Gasteiger partial charge on any atom is -0.389 e. The van der Waals surface area contributed by atoms with Crippen molar-refractivity contribution in [3.63, 3.8) is 0 Å². The molecule has 2 atom stereocenters. The largest absolute Gasteiger partial charge is 0.389 e. The Morgan fingerprint density at radius 1 is 1.58 bits per heavy atom. The highest BCUT2D eigenvalue weighted by Gasteiger charge is 2.26. The molecule has 1 saturated heterocycles. The maximum absolute atomic E-state index is 6.14. The summed E-state index contributed by atoms with van der Waals surface area (Å²) in [6.07, 6.45) is 2.48. The van der Waals surface area contributed by atoms with Gasteiger partial charge < -0.3 is 15.8 Å². The summed E-state index contributed by atoms with van der Waals surface area (Å²) in [7, 11) is 0. The standard InChI is InChI=1S/C14H19ClN2OS/c1-2-12-9(6-7-18-12)8-17-11-5-3-4-10(15)13(11)14(16)19/h3-5,9,12,17H,2,6-8H2,1H3,(H2,16,19). The Bertz CT molecular complexity index is 467. The lowest BCUT2D eigenvalue weighted by molar-refractivity contribution is 0.0900. The summed E-state index contributed by atoms with van der Waals surface area (Å²) in [4.78, 5) is 0.322. The van der Waals surface area contributed by atoms with Crippen molar-refractivity contribution in [2.24, 2.45) is 11.7 Å². The van der Waals surface area contributed by atoms with Crippen LogP contribution in [-0.4, -0.2) is 24.2 Å². The lowest BCUT2D eigenvalue weighted by atomic mass is 9.99. The Morgan fingerprint density at radius 2 is 2.37 bits per heavy atom. The maximum atomic E-state index is 6.14. The highest BCUT2D eigenvalue weighted by Crippen LogP contribution is 2.27. The highest BCUT2D eigenvalue weighted by molar-refractivity contribution is 7.80. The molecule has 2 rings (SSSR count). The van der Waals surface area contributed by atoms with E-state index in [1.807, 2.05) is 12.1 Å². The second-order valence-electron chi connectivity index (χ2n) is 4.77. The zero-order valence-electron chi connectivity index (χ0n) is 11.0. The number of nitrogens with one attached hydrogen (secondary N) is 1. The van der Waals surface area contributed by atoms with E-state index in [2.05, 4.69) is 12.2 Å². The van der Waals surface area contributed by atoms with Gasteiger partial charge in [0.15, 0.2) is 0 Å². The number of hydrogen-bond donors (Lipinski definition) is 2. The van der Waals surface area contributed by atoms with Crippen molar-refractivity contribution in [1.29, 1.82) is 0 Å². The van der Waals surface area contributed by atoms with Gasteiger partial charge in [0.1, 0.15) is 4.99 Å². The van der Waals surface area contributed by atoms with E-state index in [9.17, 15) is 0 Å². The molecule has 1 aromatic carbocycles. The van der Waals surface area contributed by atoms with E-state index in [4.69, 9.17) is 34.3 Å². The Hall–Kier alpha value is -0.840. The van der Waals surface area contributed by atoms with Gasteiger partial charge in [-0.3, -0.25) is 0 Å². The zero-order valence-corrected chi connectivity index (χ0v) is 12.6. The van der Waals surface area contributed by atoms with Gasteiger partial charge in [0.2, 0.25) is 0 Å². The molecule has 2 unspecified atom stereocenters. The van der Waals surface area contributed by atoms with Gasteiger partial charge in [0, 0.05) is 24.8 Å². The van der Waals surface area contributed by atoms with Gasteiger partial charge in [-0.15, -0.1) is 0 Å². The molecule has 1 aliphatic heterocycles. The van der Waals surface area contributed by atoms with Gasteiger partial charge in [-0.05, 0) is 25.0 Å². The first-order valence-corrected chi connectivity index (χ1v) is 7.36. The van der Waals surface area contributed by atoms with Crippen molar-refractivity contribution in [3.05, 3.63) is 28.8 Å². The third kappa shape index (κ3) is 3.38. The molecule has 104 valence electrons. The summed E-state index contributed by atoms with van der Waals surface area (Å²) >= 11 is 11.2. The maximum Gasteiger partial charge on any atom is 0.107 e. The Kier molecular flexibility index (Phi) is 5.02. The van der Waals surface area contributed by atoms with E-state index in [1.54, 1.807) is 6.07 Å². The summed E-state index contributed by atoms with van der Waals surface area (Å²) in [5.41, 5.74) is 7.37. The van der Waals surface area contributed by atoms with E-state index in [0.29, 0.717) is 22.0 Å². The first kappa shape index (κ1) is 14.6. The van der Waals surface area contributed by atoms with Gasteiger partial charge in [-0.2, -0.15) is 0 Å². The van der Waals surface area contributed by atoms with Crippen LogP contribution in [0.2, 0.25) is 5.02 Å². The molecule has 0 bridgehead atoms. The van der Waals surface area contributed by atoms with Crippen LogP contribution in [0.1, 0.15) is 25.3 Å². The van der Waals surface area contributed by atoms with Crippen molar-refractivity contribution >= 4 is 34.5 Å². The Balaban J connectivity index is 2.07. The van der Waals surface area contributed by atoms with E-state index >= 15 is 0 Å². The molecule has 0 saturated carbocycles. The molecule has 1 aromatic rings. The normalized spacial score (nSPS) is 22.4. The fourth-order valence-electron chi connectivity index (χ4n) is 2.54. The summed E-state index contributed by atoms with van der Waals surface area (Å²) in [6.45, 7) is 3.86. The lowest BCUT2D eigenvalue weighted by Crippen LogP contribution is -2.24. The molecule has 0 aliphatic carbocycles. The average molecular weight is 299 g/mol. The van der Waals surface area contributed by atoms with Crippen LogP contribution in [0.5, 0.6) is 0 Å². The molecule has 3 nitrogen and oxygen atoms in total. The number of rotatable bonds is 5. The average Bonchev–Trinajstić information content (AvgIpc) is 2.83. The monoisotopic (exact) mass is 298 g/mol. The van der Waals surface area contributed by atoms with Crippen molar-refractivity contribution < 1.29 is 4.74 Å².